The van der Waals surface area contributed by atoms with E-state index in [0.717, 1.165) is 18.7 Å². The van der Waals surface area contributed by atoms with E-state index < -0.39 is 5.82 Å². The maximum absolute atomic E-state index is 15.6. The Bertz CT molecular complexity index is 2090. The number of fused-ring (bicyclic) bond motifs is 1. The van der Waals surface area contributed by atoms with Gasteiger partial charge in [0, 0.05) is 75.2 Å². The Morgan fingerprint density at radius 1 is 1.00 bits per heavy atom. The van der Waals surface area contributed by atoms with Crippen LogP contribution in [0.4, 0.5) is 15.8 Å². The zero-order valence-corrected chi connectivity index (χ0v) is 30.4. The lowest BCUT2D eigenvalue weighted by Crippen LogP contribution is -2.52. The molecule has 2 amide bonds. The molecule has 0 bridgehead atoms. The van der Waals surface area contributed by atoms with Crippen molar-refractivity contribution < 1.29 is 28.6 Å². The summed E-state index contributed by atoms with van der Waals surface area (Å²) in [5.41, 5.74) is 5.45. The Hall–Kier alpha value is -5.17. The number of halogens is 2. The molecule has 0 aliphatic carbocycles. The molecule has 2 aliphatic rings. The van der Waals surface area contributed by atoms with Crippen molar-refractivity contribution in [1.82, 2.24) is 24.1 Å². The van der Waals surface area contributed by atoms with Crippen LogP contribution in [0.1, 0.15) is 37.5 Å². The summed E-state index contributed by atoms with van der Waals surface area (Å²) in [6.07, 6.45) is 4.00. The number of hydrogen-bond acceptors (Lipinski definition) is 7. The van der Waals surface area contributed by atoms with Crippen LogP contribution in [0.2, 0.25) is 0 Å². The van der Waals surface area contributed by atoms with Gasteiger partial charge in [0.15, 0.2) is 11.6 Å². The minimum absolute atomic E-state index is 0. The SMILES string of the molecule is COc1cc(C(=O)N2Cc3ccccc3C[C@H]2CN2CCOCC2)c(-c2cc(C(=O)N(c3ccc(O)cc3)c3cnn(C)c3)c(C)n2C)cc1F.Cl. The van der Waals surface area contributed by atoms with Crippen molar-refractivity contribution in [3.05, 3.63) is 113 Å². The summed E-state index contributed by atoms with van der Waals surface area (Å²) in [7, 11) is 4.94. The van der Waals surface area contributed by atoms with E-state index in [9.17, 15) is 14.7 Å². The van der Waals surface area contributed by atoms with Gasteiger partial charge in [0.05, 0.1) is 43.3 Å². The van der Waals surface area contributed by atoms with E-state index in [-0.39, 0.29) is 47.3 Å². The van der Waals surface area contributed by atoms with Gasteiger partial charge in [0.25, 0.3) is 11.8 Å². The lowest BCUT2D eigenvalue weighted by molar-refractivity contribution is 0.0193. The van der Waals surface area contributed by atoms with E-state index in [4.69, 9.17) is 9.47 Å². The lowest BCUT2D eigenvalue weighted by Gasteiger charge is -2.40. The smallest absolute Gasteiger partial charge is 0.264 e. The van der Waals surface area contributed by atoms with Gasteiger partial charge in [-0.1, -0.05) is 24.3 Å². The topological polar surface area (TPSA) is 105 Å². The van der Waals surface area contributed by atoms with Crippen LogP contribution in [0.25, 0.3) is 11.3 Å². The van der Waals surface area contributed by atoms with E-state index in [1.54, 1.807) is 53.9 Å². The van der Waals surface area contributed by atoms with Crippen molar-refractivity contribution in [2.45, 2.75) is 25.9 Å². The highest BCUT2D eigenvalue weighted by atomic mass is 35.5. The highest BCUT2D eigenvalue weighted by molar-refractivity contribution is 6.12. The molecule has 52 heavy (non-hydrogen) atoms. The number of carbonyl (C=O) groups excluding carboxylic acids is 2. The minimum Gasteiger partial charge on any atom is -0.508 e. The van der Waals surface area contributed by atoms with Gasteiger partial charge in [-0.15, -0.1) is 12.4 Å². The highest BCUT2D eigenvalue weighted by Gasteiger charge is 2.35. The number of morpholine rings is 1. The third-order valence-corrected chi connectivity index (χ3v) is 10.0. The van der Waals surface area contributed by atoms with Crippen molar-refractivity contribution in [3.8, 4) is 22.8 Å². The third-order valence-electron chi connectivity index (χ3n) is 10.0. The average Bonchev–Trinajstić information content (AvgIpc) is 3.70. The number of nitrogens with zero attached hydrogens (tertiary/aromatic N) is 6. The number of amides is 2. The predicted octanol–water partition coefficient (Wildman–Crippen LogP) is 5.89. The van der Waals surface area contributed by atoms with Crippen molar-refractivity contribution in [3.63, 3.8) is 0 Å². The molecule has 1 saturated heterocycles. The van der Waals surface area contributed by atoms with E-state index in [2.05, 4.69) is 16.1 Å². The van der Waals surface area contributed by atoms with Crippen molar-refractivity contribution in [2.75, 3.05) is 44.9 Å². The van der Waals surface area contributed by atoms with Gasteiger partial charge in [-0.05, 0) is 66.9 Å². The number of aromatic nitrogens is 3. The number of rotatable bonds is 8. The molecule has 1 atom stereocenters. The van der Waals surface area contributed by atoms with Crippen LogP contribution >= 0.6 is 12.4 Å². The Morgan fingerprint density at radius 2 is 1.71 bits per heavy atom. The monoisotopic (exact) mass is 728 g/mol. The Kier molecular flexibility index (Phi) is 10.7. The van der Waals surface area contributed by atoms with Gasteiger partial charge in [-0.2, -0.15) is 5.10 Å². The fourth-order valence-corrected chi connectivity index (χ4v) is 7.13. The summed E-state index contributed by atoms with van der Waals surface area (Å²) in [6, 6.07) is 18.9. The number of carbonyl (C=O) groups is 2. The van der Waals surface area contributed by atoms with Crippen LogP contribution in [0, 0.1) is 12.7 Å². The average molecular weight is 729 g/mol. The largest absolute Gasteiger partial charge is 0.508 e. The number of aromatic hydroxyl groups is 1. The Morgan fingerprint density at radius 3 is 2.38 bits per heavy atom. The number of benzene rings is 3. The van der Waals surface area contributed by atoms with Gasteiger partial charge < -0.3 is 24.0 Å². The van der Waals surface area contributed by atoms with Crippen LogP contribution < -0.4 is 9.64 Å². The summed E-state index contributed by atoms with van der Waals surface area (Å²) < 4.78 is 30.0. The number of phenols is 1. The molecule has 11 nitrogen and oxygen atoms in total. The first-order valence-electron chi connectivity index (χ1n) is 17.0. The zero-order valence-electron chi connectivity index (χ0n) is 29.6. The predicted molar refractivity (Wildman–Crippen MR) is 198 cm³/mol. The normalized spacial score (nSPS) is 15.9. The van der Waals surface area contributed by atoms with Crippen molar-refractivity contribution in [2.24, 2.45) is 14.1 Å². The molecule has 7 rings (SSSR count). The van der Waals surface area contributed by atoms with Crippen LogP contribution in [0.15, 0.2) is 79.1 Å². The first kappa shape index (κ1) is 36.6. The molecule has 0 spiro atoms. The number of ether oxygens (including phenoxy) is 2. The fourth-order valence-electron chi connectivity index (χ4n) is 7.13. The van der Waals surface area contributed by atoms with Crippen LogP contribution in [-0.2, 0) is 31.8 Å². The second-order valence-corrected chi connectivity index (χ2v) is 13.1. The van der Waals surface area contributed by atoms with Gasteiger partial charge in [0.1, 0.15) is 5.75 Å². The Labute approximate surface area is 308 Å². The van der Waals surface area contributed by atoms with E-state index in [0.29, 0.717) is 66.6 Å². The van der Waals surface area contributed by atoms with E-state index in [1.165, 1.54) is 41.8 Å². The van der Waals surface area contributed by atoms with Crippen LogP contribution in [0.5, 0.6) is 11.5 Å². The molecular formula is C39H42ClFN6O5. The molecule has 1 N–H and O–H groups in total. The summed E-state index contributed by atoms with van der Waals surface area (Å²) in [5, 5.41) is 14.2. The highest BCUT2D eigenvalue weighted by Crippen LogP contribution is 2.37. The van der Waals surface area contributed by atoms with Gasteiger partial charge in [0.2, 0.25) is 0 Å². The molecule has 13 heteroatoms. The quantitative estimate of drug-likeness (QED) is 0.213. The van der Waals surface area contributed by atoms with E-state index in [1.807, 2.05) is 30.0 Å². The van der Waals surface area contributed by atoms with Gasteiger partial charge in [-0.3, -0.25) is 24.1 Å². The molecule has 2 aromatic heterocycles. The Balaban J connectivity index is 0.00000464. The molecule has 4 heterocycles. The number of hydrogen-bond donors (Lipinski definition) is 1. The summed E-state index contributed by atoms with van der Waals surface area (Å²) in [5.74, 6) is -1.19. The molecule has 1 fully saturated rings. The molecule has 3 aromatic carbocycles. The fraction of sp³-hybridized carbons (Fsp3) is 0.308. The van der Waals surface area contributed by atoms with Crippen LogP contribution in [-0.4, -0.2) is 87.1 Å². The third kappa shape index (κ3) is 7.01. The summed E-state index contributed by atoms with van der Waals surface area (Å²) in [4.78, 5) is 35.1. The minimum atomic E-state index is -0.620. The summed E-state index contributed by atoms with van der Waals surface area (Å²) in [6.45, 7) is 5.78. The molecule has 2 aliphatic heterocycles. The second-order valence-electron chi connectivity index (χ2n) is 13.1. The zero-order chi connectivity index (χ0) is 35.8. The maximum Gasteiger partial charge on any atom is 0.264 e. The van der Waals surface area contributed by atoms with Crippen molar-refractivity contribution >= 4 is 35.6 Å². The standard InChI is InChI=1S/C39H41FN6O5.ClH/c1-25-32(39(49)46(30-21-41-42(2)23-30)28-9-11-31(47)12-10-28)19-36(43(25)3)33-18-35(40)37(50-4)20-34(33)38(48)45-22-27-8-6-5-7-26(27)17-29(45)24-44-13-15-51-16-14-44;/h5-12,18-21,23,29,47H,13-17,22,24H2,1-4H3;1H/t29-;/m0./s1. The molecule has 0 radical (unpaired) electrons. The lowest BCUT2D eigenvalue weighted by atomic mass is 9.92. The molecular weight excluding hydrogens is 687 g/mol. The molecule has 5 aromatic rings. The van der Waals surface area contributed by atoms with Gasteiger partial charge >= 0.3 is 0 Å². The molecule has 0 unspecified atom stereocenters. The first-order chi connectivity index (χ1) is 24.6. The van der Waals surface area contributed by atoms with Crippen LogP contribution in [0.3, 0.4) is 0 Å². The second kappa shape index (κ2) is 15.2. The molecule has 272 valence electrons. The number of phenolic OH excluding ortho intramolecular Hbond substituents is 1. The number of aryl methyl sites for hydroxylation is 1. The van der Waals surface area contributed by atoms with Crippen molar-refractivity contribution in [1.29, 1.82) is 0 Å². The first-order valence-corrected chi connectivity index (χ1v) is 17.0. The number of anilines is 2. The maximum atomic E-state index is 15.6. The summed E-state index contributed by atoms with van der Waals surface area (Å²) >= 11 is 0. The number of methoxy groups -OCH3 is 1. The molecule has 0 saturated carbocycles. The van der Waals surface area contributed by atoms with E-state index >= 15 is 4.39 Å². The van der Waals surface area contributed by atoms with Gasteiger partial charge in [-0.25, -0.2) is 4.39 Å².